The fourth-order valence-corrected chi connectivity index (χ4v) is 2.98. The number of amides is 1. The normalized spacial score (nSPS) is 50.5. The van der Waals surface area contributed by atoms with E-state index in [1.807, 2.05) is 0 Å². The number of hydrogen-bond acceptors (Lipinski definition) is 2. The van der Waals surface area contributed by atoms with Crippen molar-refractivity contribution >= 4 is 5.91 Å². The van der Waals surface area contributed by atoms with E-state index in [0.29, 0.717) is 6.10 Å². The Morgan fingerprint density at radius 2 is 2.42 bits per heavy atom. The van der Waals surface area contributed by atoms with E-state index in [2.05, 4.69) is 5.32 Å². The lowest BCUT2D eigenvalue weighted by Crippen LogP contribution is -2.51. The van der Waals surface area contributed by atoms with Crippen LogP contribution in [-0.4, -0.2) is 24.2 Å². The van der Waals surface area contributed by atoms with Crippen LogP contribution in [0.1, 0.15) is 25.7 Å². The maximum Gasteiger partial charge on any atom is 0.226 e. The Labute approximate surface area is 71.5 Å². The Hall–Kier alpha value is -0.570. The van der Waals surface area contributed by atoms with Crippen molar-refractivity contribution in [3.8, 4) is 0 Å². The molecular formula is C9H13NO2. The van der Waals surface area contributed by atoms with E-state index in [0.717, 1.165) is 25.8 Å². The Balaban J connectivity index is 1.97. The minimum Gasteiger partial charge on any atom is -0.371 e. The van der Waals surface area contributed by atoms with Crippen molar-refractivity contribution < 1.29 is 9.53 Å². The monoisotopic (exact) mass is 167 g/mol. The third-order valence-electron chi connectivity index (χ3n) is 3.59. The number of rotatable bonds is 0. The van der Waals surface area contributed by atoms with E-state index in [-0.39, 0.29) is 17.4 Å². The molecule has 0 radical (unpaired) electrons. The summed E-state index contributed by atoms with van der Waals surface area (Å²) in [6.45, 7) is 0.808. The lowest BCUT2D eigenvalue weighted by Gasteiger charge is -2.36. The summed E-state index contributed by atoms with van der Waals surface area (Å²) >= 11 is 0. The third kappa shape index (κ3) is 0.678. The largest absolute Gasteiger partial charge is 0.371 e. The molecule has 1 N–H and O–H groups in total. The summed E-state index contributed by atoms with van der Waals surface area (Å²) in [5, 5.41) is 2.91. The molecule has 3 rings (SSSR count). The van der Waals surface area contributed by atoms with Gasteiger partial charge in [0.1, 0.15) is 0 Å². The SMILES string of the molecule is O=C1NCC[C@@]23CC[C@@H](C[C@H]12)O3. The van der Waals surface area contributed by atoms with Crippen LogP contribution in [0.15, 0.2) is 0 Å². The average Bonchev–Trinajstić information content (AvgIpc) is 2.60. The molecule has 12 heavy (non-hydrogen) atoms. The van der Waals surface area contributed by atoms with Gasteiger partial charge in [-0.1, -0.05) is 0 Å². The molecule has 0 aromatic rings. The summed E-state index contributed by atoms with van der Waals surface area (Å²) in [5.74, 6) is 0.397. The van der Waals surface area contributed by atoms with Crippen molar-refractivity contribution in [3.05, 3.63) is 0 Å². The lowest BCUT2D eigenvalue weighted by molar-refractivity contribution is -0.134. The minimum absolute atomic E-state index is 0.0347. The summed E-state index contributed by atoms with van der Waals surface area (Å²) < 4.78 is 5.87. The highest BCUT2D eigenvalue weighted by Crippen LogP contribution is 2.50. The van der Waals surface area contributed by atoms with Crippen LogP contribution in [-0.2, 0) is 9.53 Å². The molecule has 0 aromatic carbocycles. The van der Waals surface area contributed by atoms with Crippen molar-refractivity contribution in [1.29, 1.82) is 0 Å². The van der Waals surface area contributed by atoms with E-state index in [9.17, 15) is 4.79 Å². The van der Waals surface area contributed by atoms with Gasteiger partial charge in [0.15, 0.2) is 0 Å². The van der Waals surface area contributed by atoms with Crippen LogP contribution in [0.5, 0.6) is 0 Å². The Kier molecular flexibility index (Phi) is 1.16. The van der Waals surface area contributed by atoms with Gasteiger partial charge in [-0.25, -0.2) is 0 Å². The van der Waals surface area contributed by atoms with Gasteiger partial charge in [0.05, 0.1) is 17.6 Å². The Morgan fingerprint density at radius 3 is 3.17 bits per heavy atom. The fourth-order valence-electron chi connectivity index (χ4n) is 2.98. The van der Waals surface area contributed by atoms with Crippen molar-refractivity contribution in [2.45, 2.75) is 37.4 Å². The maximum absolute atomic E-state index is 11.5. The van der Waals surface area contributed by atoms with Crippen molar-refractivity contribution in [1.82, 2.24) is 5.32 Å². The minimum atomic E-state index is -0.0347. The fraction of sp³-hybridized carbons (Fsp3) is 0.889. The maximum atomic E-state index is 11.5. The second-order valence-corrected chi connectivity index (χ2v) is 4.17. The summed E-state index contributed by atoms with van der Waals surface area (Å²) in [5.41, 5.74) is -0.0347. The first kappa shape index (κ1) is 6.89. The molecule has 1 spiro atoms. The van der Waals surface area contributed by atoms with Crippen LogP contribution in [0.4, 0.5) is 0 Å². The molecule has 3 aliphatic heterocycles. The molecule has 0 aromatic heterocycles. The highest BCUT2D eigenvalue weighted by atomic mass is 16.5. The molecule has 3 saturated heterocycles. The Bertz CT molecular complexity index is 241. The molecule has 66 valence electrons. The van der Waals surface area contributed by atoms with Crippen LogP contribution in [0.2, 0.25) is 0 Å². The molecular weight excluding hydrogens is 154 g/mol. The molecule has 3 heterocycles. The van der Waals surface area contributed by atoms with Gasteiger partial charge >= 0.3 is 0 Å². The highest BCUT2D eigenvalue weighted by molar-refractivity contribution is 5.81. The van der Waals surface area contributed by atoms with E-state index < -0.39 is 0 Å². The number of carbonyl (C=O) groups is 1. The van der Waals surface area contributed by atoms with Crippen LogP contribution < -0.4 is 5.32 Å². The number of fused-ring (bicyclic) bond motifs is 1. The molecule has 3 atom stereocenters. The summed E-state index contributed by atoms with van der Waals surface area (Å²) in [7, 11) is 0. The average molecular weight is 167 g/mol. The van der Waals surface area contributed by atoms with Crippen molar-refractivity contribution in [3.63, 3.8) is 0 Å². The van der Waals surface area contributed by atoms with Gasteiger partial charge in [-0.2, -0.15) is 0 Å². The lowest BCUT2D eigenvalue weighted by atomic mass is 9.74. The first-order valence-electron chi connectivity index (χ1n) is 4.76. The quantitative estimate of drug-likeness (QED) is 0.568. The summed E-state index contributed by atoms with van der Waals surface area (Å²) in [4.78, 5) is 11.5. The number of ether oxygens (including phenoxy) is 1. The summed E-state index contributed by atoms with van der Waals surface area (Å²) in [6.07, 6.45) is 4.66. The zero-order valence-corrected chi connectivity index (χ0v) is 7.01. The predicted molar refractivity (Wildman–Crippen MR) is 42.6 cm³/mol. The third-order valence-corrected chi connectivity index (χ3v) is 3.59. The molecule has 0 saturated carbocycles. The topological polar surface area (TPSA) is 38.3 Å². The predicted octanol–water partition coefficient (Wildman–Crippen LogP) is 0.444. The molecule has 3 nitrogen and oxygen atoms in total. The molecule has 0 aliphatic carbocycles. The van der Waals surface area contributed by atoms with E-state index in [1.165, 1.54) is 6.42 Å². The first-order chi connectivity index (χ1) is 5.80. The molecule has 3 aliphatic rings. The van der Waals surface area contributed by atoms with Crippen LogP contribution in [0, 0.1) is 5.92 Å². The van der Waals surface area contributed by atoms with Gasteiger partial charge in [0.25, 0.3) is 0 Å². The van der Waals surface area contributed by atoms with Gasteiger partial charge in [0, 0.05) is 6.54 Å². The number of hydrogen-bond donors (Lipinski definition) is 1. The van der Waals surface area contributed by atoms with Crippen LogP contribution >= 0.6 is 0 Å². The first-order valence-corrected chi connectivity index (χ1v) is 4.76. The highest BCUT2D eigenvalue weighted by Gasteiger charge is 2.57. The second kappa shape index (κ2) is 2.02. The number of piperidine rings is 1. The number of carbonyl (C=O) groups excluding carboxylic acids is 1. The molecule has 0 unspecified atom stereocenters. The second-order valence-electron chi connectivity index (χ2n) is 4.17. The summed E-state index contributed by atoms with van der Waals surface area (Å²) in [6, 6.07) is 0. The smallest absolute Gasteiger partial charge is 0.226 e. The molecule has 1 amide bonds. The molecule has 3 fully saturated rings. The van der Waals surface area contributed by atoms with Crippen molar-refractivity contribution in [2.75, 3.05) is 6.54 Å². The van der Waals surface area contributed by atoms with Gasteiger partial charge in [-0.05, 0) is 25.7 Å². The molecule has 2 bridgehead atoms. The van der Waals surface area contributed by atoms with Gasteiger partial charge in [-0.3, -0.25) is 4.79 Å². The zero-order valence-electron chi connectivity index (χ0n) is 7.01. The van der Waals surface area contributed by atoms with Crippen LogP contribution in [0.3, 0.4) is 0 Å². The van der Waals surface area contributed by atoms with E-state index >= 15 is 0 Å². The van der Waals surface area contributed by atoms with E-state index in [4.69, 9.17) is 4.74 Å². The number of nitrogens with one attached hydrogen (secondary N) is 1. The van der Waals surface area contributed by atoms with E-state index in [1.54, 1.807) is 0 Å². The van der Waals surface area contributed by atoms with Gasteiger partial charge in [-0.15, -0.1) is 0 Å². The van der Waals surface area contributed by atoms with Gasteiger partial charge < -0.3 is 10.1 Å². The molecule has 3 heteroatoms. The van der Waals surface area contributed by atoms with Crippen LogP contribution in [0.25, 0.3) is 0 Å². The van der Waals surface area contributed by atoms with Crippen molar-refractivity contribution in [2.24, 2.45) is 5.92 Å². The Morgan fingerprint density at radius 1 is 1.50 bits per heavy atom. The standard InChI is InChI=1S/C9H13NO2/c11-8-7-5-6-1-2-9(7,12-6)3-4-10-8/h6-7H,1-5H2,(H,10,11)/t6-,7+,9-/m0/s1. The zero-order chi connectivity index (χ0) is 8.18. The van der Waals surface area contributed by atoms with Gasteiger partial charge in [0.2, 0.25) is 5.91 Å².